The summed E-state index contributed by atoms with van der Waals surface area (Å²) in [5.41, 5.74) is 3.60. The summed E-state index contributed by atoms with van der Waals surface area (Å²) in [6.45, 7) is 6.68. The van der Waals surface area contributed by atoms with E-state index >= 15 is 0 Å². The molecule has 0 aliphatic heterocycles. The Labute approximate surface area is 195 Å². The zero-order chi connectivity index (χ0) is 23.8. The van der Waals surface area contributed by atoms with Crippen LogP contribution in [0, 0.1) is 0 Å². The van der Waals surface area contributed by atoms with Crippen molar-refractivity contribution in [3.8, 4) is 11.1 Å². The maximum absolute atomic E-state index is 13.1. The molecule has 1 atom stereocenters. The van der Waals surface area contributed by atoms with Gasteiger partial charge in [0.25, 0.3) is 0 Å². The second-order valence-electron chi connectivity index (χ2n) is 9.52. The standard InChI is InChI=1S/C24H29N3O4SSi/c1-33(2,3)20-7-4-6-18(14-20)17-10-12-19(13-11-17)32(30,31)26-22-8-5-9-23-21(22)15-25-27(23)16-24(28)29/h4,6-7,10-15,22,26H,5,8-9,16H2,1-3H3,(H,28,29)/t22-/m1/s1. The quantitative estimate of drug-likeness (QED) is 0.501. The van der Waals surface area contributed by atoms with E-state index < -0.39 is 30.1 Å². The van der Waals surface area contributed by atoms with E-state index in [9.17, 15) is 13.2 Å². The van der Waals surface area contributed by atoms with E-state index in [0.29, 0.717) is 12.8 Å². The fourth-order valence-corrected chi connectivity index (χ4v) is 6.69. The largest absolute Gasteiger partial charge is 0.480 e. The highest BCUT2D eigenvalue weighted by atomic mass is 32.2. The molecule has 3 aromatic rings. The van der Waals surface area contributed by atoms with Crippen molar-refractivity contribution >= 4 is 29.3 Å². The lowest BCUT2D eigenvalue weighted by atomic mass is 9.94. The van der Waals surface area contributed by atoms with Crippen LogP contribution in [0.15, 0.2) is 59.6 Å². The number of carboxylic acid groups (broad SMARTS) is 1. The molecule has 7 nitrogen and oxygen atoms in total. The summed E-state index contributed by atoms with van der Waals surface area (Å²) in [6.07, 6.45) is 3.68. The van der Waals surface area contributed by atoms with Gasteiger partial charge in [0, 0.05) is 11.3 Å². The summed E-state index contributed by atoms with van der Waals surface area (Å²) in [5, 5.41) is 14.6. The molecule has 2 N–H and O–H groups in total. The summed E-state index contributed by atoms with van der Waals surface area (Å²) < 4.78 is 30.4. The lowest BCUT2D eigenvalue weighted by Gasteiger charge is -2.24. The van der Waals surface area contributed by atoms with Gasteiger partial charge in [-0.1, -0.05) is 61.2 Å². The van der Waals surface area contributed by atoms with Crippen molar-refractivity contribution < 1.29 is 18.3 Å². The molecule has 0 unspecified atom stereocenters. The third-order valence-electron chi connectivity index (χ3n) is 6.07. The van der Waals surface area contributed by atoms with Gasteiger partial charge in [0.1, 0.15) is 6.54 Å². The number of carbonyl (C=O) groups is 1. The fourth-order valence-electron chi connectivity index (χ4n) is 4.25. The van der Waals surface area contributed by atoms with Crippen molar-refractivity contribution in [2.45, 2.75) is 56.4 Å². The van der Waals surface area contributed by atoms with Crippen LogP contribution in [0.4, 0.5) is 0 Å². The third kappa shape index (κ3) is 5.10. The Kier molecular flexibility index (Phi) is 6.30. The van der Waals surface area contributed by atoms with Crippen molar-refractivity contribution in [3.63, 3.8) is 0 Å². The SMILES string of the molecule is C[Si](C)(C)c1cccc(-c2ccc(S(=O)(=O)N[C@@H]3CCCc4c3cnn4CC(=O)O)cc2)c1. The highest BCUT2D eigenvalue weighted by molar-refractivity contribution is 7.89. The van der Waals surface area contributed by atoms with Gasteiger partial charge in [-0.25, -0.2) is 13.1 Å². The molecular weight excluding hydrogens is 454 g/mol. The van der Waals surface area contributed by atoms with Gasteiger partial charge >= 0.3 is 5.97 Å². The highest BCUT2D eigenvalue weighted by Gasteiger charge is 2.29. The average Bonchev–Trinajstić information content (AvgIpc) is 3.16. The van der Waals surface area contributed by atoms with E-state index in [0.717, 1.165) is 28.8 Å². The zero-order valence-electron chi connectivity index (χ0n) is 19.1. The molecule has 0 spiro atoms. The normalized spacial score (nSPS) is 16.4. The van der Waals surface area contributed by atoms with Gasteiger partial charge in [0.05, 0.1) is 25.2 Å². The van der Waals surface area contributed by atoms with E-state index in [1.54, 1.807) is 18.3 Å². The Morgan fingerprint density at radius 3 is 2.55 bits per heavy atom. The van der Waals surface area contributed by atoms with Crippen LogP contribution >= 0.6 is 0 Å². The second kappa shape index (κ2) is 8.89. The number of sulfonamides is 1. The molecule has 2 aromatic carbocycles. The van der Waals surface area contributed by atoms with Crippen LogP contribution in [0.2, 0.25) is 19.6 Å². The maximum Gasteiger partial charge on any atom is 0.325 e. The van der Waals surface area contributed by atoms with Crippen LogP contribution in [0.1, 0.15) is 30.1 Å². The molecular formula is C24H29N3O4SSi. The van der Waals surface area contributed by atoms with E-state index in [4.69, 9.17) is 5.11 Å². The first-order chi connectivity index (χ1) is 15.5. The van der Waals surface area contributed by atoms with E-state index in [1.165, 1.54) is 9.87 Å². The number of hydrogen-bond donors (Lipinski definition) is 2. The number of aromatic nitrogens is 2. The molecule has 4 rings (SSSR count). The lowest BCUT2D eigenvalue weighted by molar-refractivity contribution is -0.137. The van der Waals surface area contributed by atoms with E-state index in [1.807, 2.05) is 18.2 Å². The van der Waals surface area contributed by atoms with Gasteiger partial charge < -0.3 is 5.11 Å². The Morgan fingerprint density at radius 1 is 1.15 bits per heavy atom. The summed E-state index contributed by atoms with van der Waals surface area (Å²) >= 11 is 0. The van der Waals surface area contributed by atoms with E-state index in [2.05, 4.69) is 47.7 Å². The molecule has 1 heterocycles. The molecule has 0 bridgehead atoms. The molecule has 1 aromatic heterocycles. The Hall–Kier alpha value is -2.75. The number of benzene rings is 2. The lowest BCUT2D eigenvalue weighted by Crippen LogP contribution is -2.37. The molecule has 174 valence electrons. The van der Waals surface area contributed by atoms with Gasteiger partial charge in [-0.05, 0) is 42.5 Å². The number of aliphatic carboxylic acids is 1. The van der Waals surface area contributed by atoms with Gasteiger partial charge in [-0.3, -0.25) is 9.48 Å². The minimum Gasteiger partial charge on any atom is -0.480 e. The summed E-state index contributed by atoms with van der Waals surface area (Å²) in [5.74, 6) is -0.973. The number of nitrogens with one attached hydrogen (secondary N) is 1. The van der Waals surface area contributed by atoms with Crippen molar-refractivity contribution in [1.29, 1.82) is 0 Å². The first-order valence-corrected chi connectivity index (χ1v) is 16.0. The van der Waals surface area contributed by atoms with Crippen LogP contribution in [-0.4, -0.2) is 37.3 Å². The first kappa shape index (κ1) is 23.4. The van der Waals surface area contributed by atoms with Gasteiger partial charge in [0.2, 0.25) is 10.0 Å². The van der Waals surface area contributed by atoms with Crippen LogP contribution < -0.4 is 9.91 Å². The van der Waals surface area contributed by atoms with Crippen molar-refractivity contribution in [3.05, 3.63) is 66.0 Å². The van der Waals surface area contributed by atoms with Crippen molar-refractivity contribution in [2.24, 2.45) is 0 Å². The molecule has 0 saturated carbocycles. The monoisotopic (exact) mass is 483 g/mol. The third-order valence-corrected chi connectivity index (χ3v) is 9.60. The van der Waals surface area contributed by atoms with Crippen LogP contribution in [0.3, 0.4) is 0 Å². The molecule has 0 fully saturated rings. The number of rotatable bonds is 7. The van der Waals surface area contributed by atoms with Crippen molar-refractivity contribution in [2.75, 3.05) is 0 Å². The number of nitrogens with zero attached hydrogens (tertiary/aromatic N) is 2. The van der Waals surface area contributed by atoms with Gasteiger partial charge in [-0.2, -0.15) is 5.10 Å². The van der Waals surface area contributed by atoms with Gasteiger partial charge in [0.15, 0.2) is 0 Å². The molecule has 0 amide bonds. The highest BCUT2D eigenvalue weighted by Crippen LogP contribution is 2.31. The predicted octanol–water partition coefficient (Wildman–Crippen LogP) is 3.54. The first-order valence-electron chi connectivity index (χ1n) is 11.0. The fraction of sp³-hybridized carbons (Fsp3) is 0.333. The predicted molar refractivity (Wildman–Crippen MR) is 131 cm³/mol. The number of fused-ring (bicyclic) bond motifs is 1. The Balaban J connectivity index is 1.55. The zero-order valence-corrected chi connectivity index (χ0v) is 20.9. The smallest absolute Gasteiger partial charge is 0.325 e. The van der Waals surface area contributed by atoms with Crippen LogP contribution in [0.25, 0.3) is 11.1 Å². The summed E-state index contributed by atoms with van der Waals surface area (Å²) in [6, 6.07) is 15.0. The molecule has 1 aliphatic rings. The second-order valence-corrected chi connectivity index (χ2v) is 16.3. The molecule has 1 aliphatic carbocycles. The number of carboxylic acids is 1. The van der Waals surface area contributed by atoms with Crippen LogP contribution in [-0.2, 0) is 27.8 Å². The Bertz CT molecular complexity index is 1280. The summed E-state index contributed by atoms with van der Waals surface area (Å²) in [7, 11) is -5.19. The van der Waals surface area contributed by atoms with E-state index in [-0.39, 0.29) is 11.4 Å². The minimum atomic E-state index is -3.74. The summed E-state index contributed by atoms with van der Waals surface area (Å²) in [4.78, 5) is 11.3. The average molecular weight is 484 g/mol. The topological polar surface area (TPSA) is 101 Å². The molecule has 33 heavy (non-hydrogen) atoms. The van der Waals surface area contributed by atoms with Crippen LogP contribution in [0.5, 0.6) is 0 Å². The molecule has 9 heteroatoms. The maximum atomic E-state index is 13.1. The minimum absolute atomic E-state index is 0.206. The van der Waals surface area contributed by atoms with Crippen molar-refractivity contribution in [1.82, 2.24) is 14.5 Å². The molecule has 0 saturated heterocycles. The molecule has 0 radical (unpaired) electrons. The Morgan fingerprint density at radius 2 is 1.88 bits per heavy atom. The number of hydrogen-bond acceptors (Lipinski definition) is 4. The van der Waals surface area contributed by atoms with Gasteiger partial charge in [-0.15, -0.1) is 0 Å².